The number of ether oxygens (including phenoxy) is 1. The lowest BCUT2D eigenvalue weighted by atomic mass is 10.1. The molecule has 0 saturated carbocycles. The Labute approximate surface area is 59.9 Å². The number of hydrogen-bond donors (Lipinski definition) is 0. The Kier molecular flexibility index (Phi) is 1.40. The molecule has 0 unspecified atom stereocenters. The highest BCUT2D eigenvalue weighted by atomic mass is 16.5. The zero-order valence-corrected chi connectivity index (χ0v) is 5.58. The Morgan fingerprint density at radius 1 is 1.40 bits per heavy atom. The molecule has 1 radical (unpaired) electrons. The molecule has 0 spiro atoms. The second-order valence-electron chi connectivity index (χ2n) is 2.24. The van der Waals surface area contributed by atoms with Gasteiger partial charge < -0.3 is 4.74 Å². The third-order valence-corrected chi connectivity index (χ3v) is 1.56. The van der Waals surface area contributed by atoms with E-state index in [1.54, 1.807) is 6.20 Å². The number of pyridine rings is 1. The van der Waals surface area contributed by atoms with Crippen molar-refractivity contribution in [1.29, 1.82) is 0 Å². The van der Waals surface area contributed by atoms with E-state index in [4.69, 9.17) is 4.74 Å². The van der Waals surface area contributed by atoms with E-state index in [1.807, 2.05) is 18.2 Å². The van der Waals surface area contributed by atoms with Crippen LogP contribution in [0.15, 0.2) is 24.4 Å². The van der Waals surface area contributed by atoms with Crippen LogP contribution >= 0.6 is 0 Å². The molecule has 2 rings (SSSR count). The van der Waals surface area contributed by atoms with Crippen LogP contribution in [0.4, 0.5) is 0 Å². The molecule has 0 bridgehead atoms. The van der Waals surface area contributed by atoms with Crippen molar-refractivity contribution >= 4 is 0 Å². The highest BCUT2D eigenvalue weighted by molar-refractivity contribution is 5.20. The van der Waals surface area contributed by atoms with Crippen LogP contribution in [0.1, 0.15) is 12.1 Å². The number of rotatable bonds is 1. The van der Waals surface area contributed by atoms with Crippen molar-refractivity contribution in [3.63, 3.8) is 0 Å². The van der Waals surface area contributed by atoms with Crippen LogP contribution in [0.3, 0.4) is 0 Å². The molecule has 1 aliphatic rings. The van der Waals surface area contributed by atoms with Crippen LogP contribution in [0.2, 0.25) is 0 Å². The van der Waals surface area contributed by atoms with E-state index in [9.17, 15) is 0 Å². The second-order valence-corrected chi connectivity index (χ2v) is 2.24. The molecular formula is C8H8NO. The number of nitrogens with zero attached hydrogens (tertiary/aromatic N) is 1. The fourth-order valence-electron chi connectivity index (χ4n) is 0.934. The summed E-state index contributed by atoms with van der Waals surface area (Å²) in [7, 11) is 0. The van der Waals surface area contributed by atoms with Crippen molar-refractivity contribution in [2.24, 2.45) is 0 Å². The summed E-state index contributed by atoms with van der Waals surface area (Å²) in [6.45, 7) is 0.853. The van der Waals surface area contributed by atoms with Gasteiger partial charge in [0.15, 0.2) is 0 Å². The van der Waals surface area contributed by atoms with Gasteiger partial charge in [-0.3, -0.25) is 4.98 Å². The van der Waals surface area contributed by atoms with E-state index in [0.29, 0.717) is 0 Å². The molecule has 2 heteroatoms. The van der Waals surface area contributed by atoms with Crippen molar-refractivity contribution in [2.45, 2.75) is 6.42 Å². The second kappa shape index (κ2) is 2.39. The fourth-order valence-corrected chi connectivity index (χ4v) is 0.934. The Morgan fingerprint density at radius 2 is 2.30 bits per heavy atom. The molecule has 1 fully saturated rings. The first-order chi connectivity index (χ1) is 4.97. The zero-order valence-electron chi connectivity index (χ0n) is 5.58. The monoisotopic (exact) mass is 134 g/mol. The maximum atomic E-state index is 5.17. The SMILES string of the molecule is c1ccc([C]2CCO2)nc1. The normalized spacial score (nSPS) is 18.4. The van der Waals surface area contributed by atoms with E-state index >= 15 is 0 Å². The van der Waals surface area contributed by atoms with Crippen molar-refractivity contribution in [3.8, 4) is 0 Å². The highest BCUT2D eigenvalue weighted by Gasteiger charge is 2.22. The van der Waals surface area contributed by atoms with E-state index in [1.165, 1.54) is 0 Å². The Morgan fingerprint density at radius 3 is 2.80 bits per heavy atom. The average Bonchev–Trinajstić information content (AvgIpc) is 1.86. The fraction of sp³-hybridized carbons (Fsp3) is 0.250. The van der Waals surface area contributed by atoms with E-state index < -0.39 is 0 Å². The lowest BCUT2D eigenvalue weighted by Gasteiger charge is -2.23. The lowest BCUT2D eigenvalue weighted by molar-refractivity contribution is 0.0588. The first kappa shape index (κ1) is 5.86. The molecule has 0 aliphatic carbocycles. The Hall–Kier alpha value is -0.890. The van der Waals surface area contributed by atoms with Gasteiger partial charge in [-0.1, -0.05) is 6.07 Å². The quantitative estimate of drug-likeness (QED) is 0.579. The molecule has 10 heavy (non-hydrogen) atoms. The van der Waals surface area contributed by atoms with Crippen molar-refractivity contribution in [2.75, 3.05) is 6.61 Å². The van der Waals surface area contributed by atoms with Gasteiger partial charge in [0.1, 0.15) is 6.10 Å². The van der Waals surface area contributed by atoms with Gasteiger partial charge >= 0.3 is 0 Å². The van der Waals surface area contributed by atoms with Crippen LogP contribution < -0.4 is 0 Å². The van der Waals surface area contributed by atoms with Crippen LogP contribution in [0, 0.1) is 6.10 Å². The predicted octanol–water partition coefficient (Wildman–Crippen LogP) is 1.38. The summed E-state index contributed by atoms with van der Waals surface area (Å²) in [6, 6.07) is 5.84. The first-order valence-electron chi connectivity index (χ1n) is 3.37. The van der Waals surface area contributed by atoms with Crippen molar-refractivity contribution in [3.05, 3.63) is 36.2 Å². The van der Waals surface area contributed by atoms with Crippen LogP contribution in [-0.4, -0.2) is 11.6 Å². The standard InChI is InChI=1S/C8H8NO/c1-2-5-9-7(3-1)8-4-6-10-8/h1-3,5H,4,6H2. The maximum absolute atomic E-state index is 5.17. The summed E-state index contributed by atoms with van der Waals surface area (Å²) in [5, 5.41) is 0. The zero-order chi connectivity index (χ0) is 6.81. The molecule has 1 saturated heterocycles. The predicted molar refractivity (Wildman–Crippen MR) is 37.2 cm³/mol. The number of hydrogen-bond acceptors (Lipinski definition) is 2. The Bertz CT molecular complexity index is 206. The van der Waals surface area contributed by atoms with Crippen LogP contribution in [0.25, 0.3) is 0 Å². The molecule has 2 nitrogen and oxygen atoms in total. The average molecular weight is 134 g/mol. The summed E-state index contributed by atoms with van der Waals surface area (Å²) in [5.41, 5.74) is 0.980. The van der Waals surface area contributed by atoms with Gasteiger partial charge in [0, 0.05) is 12.6 Å². The number of aromatic nitrogens is 1. The summed E-state index contributed by atoms with van der Waals surface area (Å²) < 4.78 is 5.17. The van der Waals surface area contributed by atoms with E-state index in [2.05, 4.69) is 4.98 Å². The van der Waals surface area contributed by atoms with E-state index in [-0.39, 0.29) is 0 Å². The van der Waals surface area contributed by atoms with Crippen molar-refractivity contribution in [1.82, 2.24) is 4.98 Å². The largest absolute Gasteiger partial charge is 0.365 e. The minimum atomic E-state index is 0.853. The van der Waals surface area contributed by atoms with E-state index in [0.717, 1.165) is 24.8 Å². The molecule has 1 aliphatic heterocycles. The first-order valence-corrected chi connectivity index (χ1v) is 3.37. The third kappa shape index (κ3) is 0.907. The van der Waals surface area contributed by atoms with Gasteiger partial charge in [-0.05, 0) is 12.1 Å². The molecule has 0 aromatic carbocycles. The third-order valence-electron chi connectivity index (χ3n) is 1.56. The van der Waals surface area contributed by atoms with Gasteiger partial charge in [-0.2, -0.15) is 0 Å². The molecule has 1 aromatic heterocycles. The Balaban J connectivity index is 2.18. The minimum absolute atomic E-state index is 0.853. The molecule has 0 atom stereocenters. The van der Waals surface area contributed by atoms with Gasteiger partial charge in [0.25, 0.3) is 0 Å². The minimum Gasteiger partial charge on any atom is -0.365 e. The van der Waals surface area contributed by atoms with Gasteiger partial charge in [0.05, 0.1) is 12.3 Å². The molecule has 0 amide bonds. The van der Waals surface area contributed by atoms with Gasteiger partial charge in [0.2, 0.25) is 0 Å². The summed E-state index contributed by atoms with van der Waals surface area (Å²) >= 11 is 0. The highest BCUT2D eigenvalue weighted by Crippen LogP contribution is 2.25. The lowest BCUT2D eigenvalue weighted by Crippen LogP contribution is -2.19. The maximum Gasteiger partial charge on any atom is 0.147 e. The molecule has 2 heterocycles. The molecular weight excluding hydrogens is 126 g/mol. The summed E-state index contributed by atoms with van der Waals surface area (Å²) in [4.78, 5) is 4.14. The molecule has 51 valence electrons. The summed E-state index contributed by atoms with van der Waals surface area (Å²) in [6.07, 6.45) is 3.85. The topological polar surface area (TPSA) is 22.1 Å². The van der Waals surface area contributed by atoms with Gasteiger partial charge in [-0.25, -0.2) is 0 Å². The van der Waals surface area contributed by atoms with Crippen LogP contribution in [-0.2, 0) is 4.74 Å². The molecule has 1 aromatic rings. The smallest absolute Gasteiger partial charge is 0.147 e. The molecule has 0 N–H and O–H groups in total. The van der Waals surface area contributed by atoms with Crippen LogP contribution in [0.5, 0.6) is 0 Å². The van der Waals surface area contributed by atoms with Crippen molar-refractivity contribution < 1.29 is 4.74 Å². The summed E-state index contributed by atoms with van der Waals surface area (Å²) in [5.74, 6) is 0. The van der Waals surface area contributed by atoms with Gasteiger partial charge in [-0.15, -0.1) is 0 Å².